The quantitative estimate of drug-likeness (QED) is 0.281. The number of nitro groups is 1. The van der Waals surface area contributed by atoms with Crippen molar-refractivity contribution in [1.82, 2.24) is 16.2 Å². The van der Waals surface area contributed by atoms with Crippen LogP contribution < -0.4 is 25.6 Å². The summed E-state index contributed by atoms with van der Waals surface area (Å²) in [6, 6.07) is 18.4. The fourth-order valence-electron chi connectivity index (χ4n) is 2.63. The molecule has 0 aliphatic rings. The Morgan fingerprint density at radius 2 is 1.56 bits per heavy atom. The number of hydrogen-bond acceptors (Lipinski definition) is 7. The molecule has 32 heavy (non-hydrogen) atoms. The zero-order valence-corrected chi connectivity index (χ0v) is 17.4. The molecule has 0 aliphatic carbocycles. The summed E-state index contributed by atoms with van der Waals surface area (Å²) in [6.45, 7) is -0.640. The van der Waals surface area contributed by atoms with E-state index in [1.807, 2.05) is 36.4 Å². The Morgan fingerprint density at radius 1 is 0.875 bits per heavy atom. The summed E-state index contributed by atoms with van der Waals surface area (Å²) in [5.74, 6) is -0.236. The number of nitro benzene ring substituents is 1. The summed E-state index contributed by atoms with van der Waals surface area (Å²) in [7, 11) is 0. The highest BCUT2D eigenvalue weighted by molar-refractivity contribution is 7.80. The van der Waals surface area contributed by atoms with Crippen LogP contribution in [0.5, 0.6) is 11.5 Å². The molecular weight excluding hydrogens is 436 g/mol. The first-order valence-electron chi connectivity index (χ1n) is 9.29. The lowest BCUT2D eigenvalue weighted by molar-refractivity contribution is -0.384. The predicted molar refractivity (Wildman–Crippen MR) is 120 cm³/mol. The molecule has 0 saturated carbocycles. The van der Waals surface area contributed by atoms with Crippen LogP contribution in [-0.4, -0.2) is 35.1 Å². The average molecular weight is 454 g/mol. The molecule has 3 rings (SSSR count). The molecule has 0 spiro atoms. The number of nitrogens with zero attached hydrogens (tertiary/aromatic N) is 1. The zero-order valence-electron chi connectivity index (χ0n) is 16.6. The summed E-state index contributed by atoms with van der Waals surface area (Å²) in [5, 5.41) is 14.7. The first-order valence-corrected chi connectivity index (χ1v) is 9.69. The van der Waals surface area contributed by atoms with Crippen molar-refractivity contribution in [2.45, 2.75) is 0 Å². The Morgan fingerprint density at radius 3 is 2.31 bits per heavy atom. The molecule has 0 saturated heterocycles. The van der Waals surface area contributed by atoms with Gasteiger partial charge in [-0.15, -0.1) is 0 Å². The van der Waals surface area contributed by atoms with E-state index in [0.717, 1.165) is 10.8 Å². The van der Waals surface area contributed by atoms with Crippen LogP contribution in [-0.2, 0) is 9.59 Å². The van der Waals surface area contributed by atoms with Gasteiger partial charge in [0.2, 0.25) is 0 Å². The number of ether oxygens (including phenoxy) is 2. The fraction of sp³-hybridized carbons (Fsp3) is 0.0952. The molecule has 0 aliphatic heterocycles. The number of non-ortho nitro benzene ring substituents is 1. The van der Waals surface area contributed by atoms with E-state index in [9.17, 15) is 19.7 Å². The molecule has 3 aromatic rings. The van der Waals surface area contributed by atoms with E-state index in [1.54, 1.807) is 6.07 Å². The largest absolute Gasteiger partial charge is 0.484 e. The number of hydrogen-bond donors (Lipinski definition) is 3. The summed E-state index contributed by atoms with van der Waals surface area (Å²) in [4.78, 5) is 33.9. The van der Waals surface area contributed by atoms with Gasteiger partial charge in [0.15, 0.2) is 18.3 Å². The molecule has 0 aromatic heterocycles. The number of fused-ring (bicyclic) bond motifs is 1. The van der Waals surface area contributed by atoms with Gasteiger partial charge < -0.3 is 9.47 Å². The van der Waals surface area contributed by atoms with Gasteiger partial charge in [0, 0.05) is 17.5 Å². The molecule has 0 unspecified atom stereocenters. The van der Waals surface area contributed by atoms with E-state index in [0.29, 0.717) is 5.75 Å². The van der Waals surface area contributed by atoms with Gasteiger partial charge >= 0.3 is 0 Å². The number of benzene rings is 3. The lowest BCUT2D eigenvalue weighted by Gasteiger charge is -2.12. The summed E-state index contributed by atoms with van der Waals surface area (Å²) in [6.07, 6.45) is 0. The van der Waals surface area contributed by atoms with Crippen molar-refractivity contribution >= 4 is 45.6 Å². The van der Waals surface area contributed by atoms with Crippen LogP contribution in [0.3, 0.4) is 0 Å². The van der Waals surface area contributed by atoms with Crippen molar-refractivity contribution < 1.29 is 24.0 Å². The molecule has 11 heteroatoms. The highest BCUT2D eigenvalue weighted by atomic mass is 32.1. The molecule has 3 aromatic carbocycles. The van der Waals surface area contributed by atoms with Crippen molar-refractivity contribution in [1.29, 1.82) is 0 Å². The number of carbonyl (C=O) groups excluding carboxylic acids is 2. The molecule has 0 radical (unpaired) electrons. The summed E-state index contributed by atoms with van der Waals surface area (Å²) < 4.78 is 10.8. The molecule has 3 N–H and O–H groups in total. The second kappa shape index (κ2) is 10.7. The maximum Gasteiger partial charge on any atom is 0.276 e. The van der Waals surface area contributed by atoms with E-state index >= 15 is 0 Å². The Kier molecular flexibility index (Phi) is 7.49. The first kappa shape index (κ1) is 22.4. The Labute approximate surface area is 187 Å². The van der Waals surface area contributed by atoms with Gasteiger partial charge in [-0.2, -0.15) is 0 Å². The second-order valence-corrected chi connectivity index (χ2v) is 6.76. The van der Waals surface area contributed by atoms with Crippen LogP contribution in [0, 0.1) is 10.1 Å². The summed E-state index contributed by atoms with van der Waals surface area (Å²) >= 11 is 4.95. The molecule has 2 amide bonds. The van der Waals surface area contributed by atoms with E-state index in [2.05, 4.69) is 16.2 Å². The molecular formula is C21H18N4O6S. The van der Waals surface area contributed by atoms with Gasteiger partial charge in [-0.1, -0.05) is 36.4 Å². The number of carbonyl (C=O) groups is 2. The lowest BCUT2D eigenvalue weighted by Crippen LogP contribution is -2.50. The van der Waals surface area contributed by atoms with Gasteiger partial charge in [-0.3, -0.25) is 35.9 Å². The third-order valence-corrected chi connectivity index (χ3v) is 4.30. The van der Waals surface area contributed by atoms with Crippen molar-refractivity contribution in [3.05, 3.63) is 76.8 Å². The molecule has 0 atom stereocenters. The number of rotatable bonds is 7. The van der Waals surface area contributed by atoms with Crippen molar-refractivity contribution in [2.24, 2.45) is 0 Å². The lowest BCUT2D eigenvalue weighted by atomic mass is 10.1. The number of hydrazine groups is 1. The highest BCUT2D eigenvalue weighted by Crippen LogP contribution is 2.24. The average Bonchev–Trinajstić information content (AvgIpc) is 2.80. The van der Waals surface area contributed by atoms with Gasteiger partial charge in [0.1, 0.15) is 11.5 Å². The van der Waals surface area contributed by atoms with Gasteiger partial charge in [-0.05, 0) is 35.8 Å². The van der Waals surface area contributed by atoms with Crippen molar-refractivity contribution in [3.8, 4) is 11.5 Å². The van der Waals surface area contributed by atoms with Crippen molar-refractivity contribution in [2.75, 3.05) is 13.2 Å². The first-order chi connectivity index (χ1) is 15.4. The summed E-state index contributed by atoms with van der Waals surface area (Å²) in [5.41, 5.74) is 4.55. The minimum absolute atomic E-state index is 0.0889. The topological polar surface area (TPSA) is 132 Å². The van der Waals surface area contributed by atoms with Crippen molar-refractivity contribution in [3.63, 3.8) is 0 Å². The normalized spacial score (nSPS) is 10.1. The molecule has 0 heterocycles. The molecule has 0 bridgehead atoms. The maximum absolute atomic E-state index is 12.0. The van der Waals surface area contributed by atoms with Crippen LogP contribution in [0.1, 0.15) is 0 Å². The van der Waals surface area contributed by atoms with E-state index in [4.69, 9.17) is 21.7 Å². The third kappa shape index (κ3) is 6.37. The monoisotopic (exact) mass is 454 g/mol. The fourth-order valence-corrected chi connectivity index (χ4v) is 2.80. The minimum atomic E-state index is -0.577. The molecule has 0 fully saturated rings. The van der Waals surface area contributed by atoms with Crippen LogP contribution >= 0.6 is 12.2 Å². The third-order valence-electron chi connectivity index (χ3n) is 4.09. The van der Waals surface area contributed by atoms with Gasteiger partial charge in [-0.25, -0.2) is 0 Å². The van der Waals surface area contributed by atoms with E-state index in [1.165, 1.54) is 24.3 Å². The van der Waals surface area contributed by atoms with Crippen LogP contribution in [0.15, 0.2) is 66.7 Å². The number of thiocarbonyl (C=S) groups is 1. The van der Waals surface area contributed by atoms with Crippen LogP contribution in [0.4, 0.5) is 5.69 Å². The maximum atomic E-state index is 12.0. The SMILES string of the molecule is O=C(COc1ccc([N+](=O)[O-])cc1)NNC(=S)NC(=O)COc1cccc2ccccc12. The Bertz CT molecular complexity index is 1150. The van der Waals surface area contributed by atoms with Crippen LogP contribution in [0.25, 0.3) is 10.8 Å². The zero-order chi connectivity index (χ0) is 22.9. The smallest absolute Gasteiger partial charge is 0.276 e. The molecule has 10 nitrogen and oxygen atoms in total. The van der Waals surface area contributed by atoms with E-state index < -0.39 is 16.7 Å². The number of amides is 2. The Hall–Kier alpha value is -4.25. The minimum Gasteiger partial charge on any atom is -0.484 e. The predicted octanol–water partition coefficient (Wildman–Crippen LogP) is 2.23. The Balaban J connectivity index is 1.38. The number of nitrogens with one attached hydrogen (secondary N) is 3. The molecule has 164 valence electrons. The van der Waals surface area contributed by atoms with Crippen LogP contribution in [0.2, 0.25) is 0 Å². The highest BCUT2D eigenvalue weighted by Gasteiger charge is 2.10. The second-order valence-electron chi connectivity index (χ2n) is 6.36. The van der Waals surface area contributed by atoms with Gasteiger partial charge in [0.25, 0.3) is 17.5 Å². The van der Waals surface area contributed by atoms with E-state index in [-0.39, 0.29) is 29.8 Å². The van der Waals surface area contributed by atoms with Gasteiger partial charge in [0.05, 0.1) is 4.92 Å². The standard InChI is InChI=1S/C21H18N4O6S/c26-19(12-31-18-7-3-5-14-4-1-2-6-17(14)18)22-21(32)24-23-20(27)13-30-16-10-8-15(9-11-16)25(28)29/h1-11H,12-13H2,(H,23,27)(H2,22,24,26,32).